The Morgan fingerprint density at radius 2 is 1.82 bits per heavy atom. The van der Waals surface area contributed by atoms with Gasteiger partial charge in [-0.25, -0.2) is 4.79 Å². The number of amides is 3. The van der Waals surface area contributed by atoms with Gasteiger partial charge in [-0.15, -0.1) is 11.3 Å². The number of nitrogens with zero attached hydrogens (tertiary/aromatic N) is 3. The van der Waals surface area contributed by atoms with Crippen LogP contribution in [0, 0.1) is 0 Å². The van der Waals surface area contributed by atoms with Crippen LogP contribution in [0.15, 0.2) is 41.8 Å². The summed E-state index contributed by atoms with van der Waals surface area (Å²) in [5, 5.41) is 5.41. The van der Waals surface area contributed by atoms with Crippen molar-refractivity contribution in [1.82, 2.24) is 20.0 Å². The van der Waals surface area contributed by atoms with Crippen molar-refractivity contribution in [2.75, 3.05) is 32.7 Å². The minimum absolute atomic E-state index is 0.0241. The fourth-order valence-electron chi connectivity index (χ4n) is 5.83. The van der Waals surface area contributed by atoms with Crippen LogP contribution in [-0.2, 0) is 11.2 Å². The molecule has 6 nitrogen and oxygen atoms in total. The summed E-state index contributed by atoms with van der Waals surface area (Å²) < 4.78 is 0. The third kappa shape index (κ3) is 5.01. The van der Waals surface area contributed by atoms with Gasteiger partial charge in [-0.1, -0.05) is 49.6 Å². The average Bonchev–Trinajstić information content (AvgIpc) is 3.34. The minimum atomic E-state index is 0.0241. The lowest BCUT2D eigenvalue weighted by Crippen LogP contribution is -2.59. The van der Waals surface area contributed by atoms with Gasteiger partial charge in [0.25, 0.3) is 0 Å². The Labute approximate surface area is 206 Å². The van der Waals surface area contributed by atoms with E-state index in [1.54, 1.807) is 0 Å². The van der Waals surface area contributed by atoms with Crippen molar-refractivity contribution in [3.05, 3.63) is 57.8 Å². The van der Waals surface area contributed by atoms with Gasteiger partial charge in [0.2, 0.25) is 5.91 Å². The van der Waals surface area contributed by atoms with Crippen molar-refractivity contribution in [2.24, 2.45) is 0 Å². The van der Waals surface area contributed by atoms with Gasteiger partial charge in [0.15, 0.2) is 0 Å². The maximum atomic E-state index is 13.4. The Balaban J connectivity index is 1.21. The third-order valence-electron chi connectivity index (χ3n) is 7.69. The molecule has 1 aliphatic carbocycles. The van der Waals surface area contributed by atoms with E-state index in [-0.39, 0.29) is 24.0 Å². The van der Waals surface area contributed by atoms with E-state index in [2.05, 4.69) is 52.9 Å². The van der Waals surface area contributed by atoms with E-state index in [9.17, 15) is 9.59 Å². The summed E-state index contributed by atoms with van der Waals surface area (Å²) in [4.78, 5) is 33.9. The summed E-state index contributed by atoms with van der Waals surface area (Å²) in [7, 11) is 0. The first-order valence-electron chi connectivity index (χ1n) is 12.8. The fraction of sp³-hybridized carbons (Fsp3) is 0.556. The molecule has 0 unspecified atom stereocenters. The number of fused-ring (bicyclic) bond motifs is 1. The SMILES string of the molecule is C[C@H]1CN(C(=O)CN2CCc3sccc3[C@@H]2c2ccccc2)CCN1C(=O)NC1CCCCC1. The summed E-state index contributed by atoms with van der Waals surface area (Å²) >= 11 is 1.82. The van der Waals surface area contributed by atoms with Crippen LogP contribution in [-0.4, -0.2) is 71.4 Å². The van der Waals surface area contributed by atoms with E-state index in [1.165, 1.54) is 35.3 Å². The van der Waals surface area contributed by atoms with Crippen molar-refractivity contribution in [3.63, 3.8) is 0 Å². The molecule has 3 heterocycles. The van der Waals surface area contributed by atoms with Crippen LogP contribution < -0.4 is 5.32 Å². The van der Waals surface area contributed by atoms with Gasteiger partial charge in [-0.05, 0) is 48.8 Å². The molecule has 2 aromatic rings. The second-order valence-corrected chi connectivity index (χ2v) is 11.0. The molecule has 2 fully saturated rings. The molecule has 3 aliphatic rings. The lowest BCUT2D eigenvalue weighted by molar-refractivity contribution is -0.135. The molecule has 2 atom stereocenters. The van der Waals surface area contributed by atoms with Crippen molar-refractivity contribution in [1.29, 1.82) is 0 Å². The van der Waals surface area contributed by atoms with E-state index < -0.39 is 0 Å². The standard InChI is InChI=1S/C27H36N4O2S/c1-20-18-29(15-16-31(20)27(33)28-22-10-6-3-7-11-22)25(32)19-30-14-12-24-23(13-17-34-24)26(30)21-8-4-2-5-9-21/h2,4-5,8-9,13,17,20,22,26H,3,6-7,10-12,14-16,18-19H2,1H3,(H,28,33)/t20-,26-/m0/s1. The number of rotatable bonds is 4. The summed E-state index contributed by atoms with van der Waals surface area (Å²) in [6, 6.07) is 13.3. The number of carbonyl (C=O) groups is 2. The van der Waals surface area contributed by atoms with Crippen LogP contribution in [0.4, 0.5) is 4.79 Å². The van der Waals surface area contributed by atoms with Gasteiger partial charge in [0.05, 0.1) is 12.6 Å². The highest BCUT2D eigenvalue weighted by atomic mass is 32.1. The molecule has 1 saturated carbocycles. The molecule has 0 radical (unpaired) electrons. The summed E-state index contributed by atoms with van der Waals surface area (Å²) in [6.07, 6.45) is 6.85. The highest BCUT2D eigenvalue weighted by Gasteiger charge is 2.34. The minimum Gasteiger partial charge on any atom is -0.338 e. The van der Waals surface area contributed by atoms with Gasteiger partial charge < -0.3 is 15.1 Å². The number of hydrogen-bond donors (Lipinski definition) is 1. The van der Waals surface area contributed by atoms with E-state index in [0.29, 0.717) is 32.2 Å². The molecule has 34 heavy (non-hydrogen) atoms. The normalized spacial score (nSPS) is 24.0. The molecule has 5 rings (SSSR count). The van der Waals surface area contributed by atoms with Crippen molar-refractivity contribution in [3.8, 4) is 0 Å². The predicted molar refractivity (Wildman–Crippen MR) is 136 cm³/mol. The van der Waals surface area contributed by atoms with Crippen LogP contribution in [0.3, 0.4) is 0 Å². The zero-order chi connectivity index (χ0) is 23.5. The summed E-state index contributed by atoms with van der Waals surface area (Å²) in [5.41, 5.74) is 2.58. The molecule has 2 aliphatic heterocycles. The number of urea groups is 1. The lowest BCUT2D eigenvalue weighted by atomic mass is 9.93. The van der Waals surface area contributed by atoms with Gasteiger partial charge in [0.1, 0.15) is 0 Å². The second kappa shape index (κ2) is 10.5. The van der Waals surface area contributed by atoms with E-state index in [1.807, 2.05) is 27.2 Å². The molecule has 1 aromatic heterocycles. The second-order valence-electron chi connectivity index (χ2n) is 10.00. The number of benzene rings is 1. The van der Waals surface area contributed by atoms with Crippen LogP contribution in [0.2, 0.25) is 0 Å². The lowest BCUT2D eigenvalue weighted by Gasteiger charge is -2.42. The Hall–Kier alpha value is -2.38. The Morgan fingerprint density at radius 3 is 2.59 bits per heavy atom. The molecule has 1 N–H and O–H groups in total. The largest absolute Gasteiger partial charge is 0.338 e. The topological polar surface area (TPSA) is 55.9 Å². The quantitative estimate of drug-likeness (QED) is 0.711. The molecule has 0 spiro atoms. The van der Waals surface area contributed by atoms with Gasteiger partial charge in [0, 0.05) is 43.1 Å². The Bertz CT molecular complexity index is 988. The molecule has 7 heteroatoms. The van der Waals surface area contributed by atoms with Crippen molar-refractivity contribution < 1.29 is 9.59 Å². The Morgan fingerprint density at radius 1 is 1.03 bits per heavy atom. The fourth-order valence-corrected chi connectivity index (χ4v) is 6.73. The molecular weight excluding hydrogens is 444 g/mol. The van der Waals surface area contributed by atoms with E-state index >= 15 is 0 Å². The maximum Gasteiger partial charge on any atom is 0.317 e. The van der Waals surface area contributed by atoms with Gasteiger partial charge in [-0.3, -0.25) is 9.69 Å². The van der Waals surface area contributed by atoms with Gasteiger partial charge in [-0.2, -0.15) is 0 Å². The zero-order valence-electron chi connectivity index (χ0n) is 20.1. The van der Waals surface area contributed by atoms with Crippen molar-refractivity contribution >= 4 is 23.3 Å². The molecule has 182 valence electrons. The zero-order valence-corrected chi connectivity index (χ0v) is 20.9. The van der Waals surface area contributed by atoms with E-state index in [0.717, 1.165) is 25.8 Å². The first-order chi connectivity index (χ1) is 16.6. The van der Waals surface area contributed by atoms with Gasteiger partial charge >= 0.3 is 6.03 Å². The third-order valence-corrected chi connectivity index (χ3v) is 8.69. The highest BCUT2D eigenvalue weighted by Crippen LogP contribution is 2.37. The molecule has 1 saturated heterocycles. The van der Waals surface area contributed by atoms with E-state index in [4.69, 9.17) is 0 Å². The number of piperazine rings is 1. The molecule has 1 aromatic carbocycles. The number of hydrogen-bond acceptors (Lipinski definition) is 4. The van der Waals surface area contributed by atoms with Crippen LogP contribution in [0.25, 0.3) is 0 Å². The number of nitrogens with one attached hydrogen (secondary N) is 1. The van der Waals surface area contributed by atoms with Crippen molar-refractivity contribution in [2.45, 2.75) is 63.6 Å². The van der Waals surface area contributed by atoms with Crippen LogP contribution in [0.5, 0.6) is 0 Å². The first kappa shape index (κ1) is 23.4. The predicted octanol–water partition coefficient (Wildman–Crippen LogP) is 4.27. The number of thiophene rings is 1. The smallest absolute Gasteiger partial charge is 0.317 e. The summed E-state index contributed by atoms with van der Waals surface area (Å²) in [6.45, 7) is 5.17. The highest BCUT2D eigenvalue weighted by molar-refractivity contribution is 7.10. The maximum absolute atomic E-state index is 13.4. The Kier molecular flexibility index (Phi) is 7.21. The molecule has 3 amide bonds. The molecule has 0 bridgehead atoms. The number of carbonyl (C=O) groups excluding carboxylic acids is 2. The monoisotopic (exact) mass is 480 g/mol. The molecular formula is C27H36N4O2S. The summed E-state index contributed by atoms with van der Waals surface area (Å²) in [5.74, 6) is 0.166. The first-order valence-corrected chi connectivity index (χ1v) is 13.7. The van der Waals surface area contributed by atoms with Crippen LogP contribution in [0.1, 0.15) is 61.1 Å². The average molecular weight is 481 g/mol. The van der Waals surface area contributed by atoms with Crippen LogP contribution >= 0.6 is 11.3 Å².